The molecule has 0 amide bonds. The van der Waals surface area contributed by atoms with Gasteiger partial charge in [-0.3, -0.25) is 4.79 Å². The van der Waals surface area contributed by atoms with Crippen LogP contribution in [0.2, 0.25) is 0 Å². The molecule has 1 aromatic rings. The number of nitrogens with zero attached hydrogens (tertiary/aromatic N) is 2. The zero-order valence-electron chi connectivity index (χ0n) is 8.90. The molecule has 2 heterocycles. The first kappa shape index (κ1) is 10.7. The van der Waals surface area contributed by atoms with E-state index in [1.54, 1.807) is 11.8 Å². The predicted octanol–water partition coefficient (Wildman–Crippen LogP) is 1.98. The molecule has 5 heteroatoms. The Morgan fingerprint density at radius 3 is 3.07 bits per heavy atom. The molecule has 1 aliphatic heterocycles. The fourth-order valence-corrected chi connectivity index (χ4v) is 2.54. The minimum absolute atomic E-state index is 0.166. The van der Waals surface area contributed by atoms with E-state index in [0.717, 1.165) is 18.0 Å². The molecule has 2 atom stereocenters. The lowest BCUT2D eigenvalue weighted by molar-refractivity contribution is -0.117. The van der Waals surface area contributed by atoms with Crippen molar-refractivity contribution in [3.8, 4) is 0 Å². The Morgan fingerprint density at radius 2 is 2.47 bits per heavy atom. The van der Waals surface area contributed by atoms with Crippen molar-refractivity contribution in [2.75, 3.05) is 11.5 Å². The van der Waals surface area contributed by atoms with Crippen molar-refractivity contribution >= 4 is 17.5 Å². The standard InChI is InChI=1S/C10H14N2O2S/c1-3-6(2)9-11-10(14-12-9)7-4-15-5-8(7)13/h6-7H,3-5H2,1-2H3. The Labute approximate surface area is 92.8 Å². The number of Topliss-reactive ketones (excluding diaryl/α,β-unsaturated/α-hetero) is 1. The summed E-state index contributed by atoms with van der Waals surface area (Å²) >= 11 is 1.63. The summed E-state index contributed by atoms with van der Waals surface area (Å²) in [6.07, 6.45) is 0.979. The fourth-order valence-electron chi connectivity index (χ4n) is 1.45. The van der Waals surface area contributed by atoms with Crippen LogP contribution in [0.4, 0.5) is 0 Å². The number of ketones is 1. The Bertz CT molecular complexity index is 364. The van der Waals surface area contributed by atoms with Gasteiger partial charge in [0, 0.05) is 11.7 Å². The Balaban J connectivity index is 2.16. The Morgan fingerprint density at radius 1 is 1.67 bits per heavy atom. The summed E-state index contributed by atoms with van der Waals surface area (Å²) in [4.78, 5) is 15.8. The molecule has 1 aromatic heterocycles. The molecular weight excluding hydrogens is 212 g/mol. The van der Waals surface area contributed by atoms with E-state index < -0.39 is 0 Å². The highest BCUT2D eigenvalue weighted by atomic mass is 32.2. The number of hydrogen-bond donors (Lipinski definition) is 0. The second-order valence-corrected chi connectivity index (χ2v) is 4.86. The van der Waals surface area contributed by atoms with Crippen molar-refractivity contribution in [2.24, 2.45) is 0 Å². The molecule has 1 aliphatic rings. The molecule has 2 rings (SSSR count). The van der Waals surface area contributed by atoms with Gasteiger partial charge in [-0.05, 0) is 6.42 Å². The van der Waals surface area contributed by atoms with Crippen molar-refractivity contribution in [1.29, 1.82) is 0 Å². The van der Waals surface area contributed by atoms with Crippen molar-refractivity contribution in [1.82, 2.24) is 10.1 Å². The van der Waals surface area contributed by atoms with Gasteiger partial charge >= 0.3 is 0 Å². The number of carbonyl (C=O) groups is 1. The van der Waals surface area contributed by atoms with Gasteiger partial charge < -0.3 is 4.52 Å². The molecule has 4 nitrogen and oxygen atoms in total. The summed E-state index contributed by atoms with van der Waals surface area (Å²) in [7, 11) is 0. The van der Waals surface area contributed by atoms with Gasteiger partial charge in [0.15, 0.2) is 11.6 Å². The molecule has 0 aliphatic carbocycles. The van der Waals surface area contributed by atoms with Gasteiger partial charge in [-0.25, -0.2) is 0 Å². The van der Waals surface area contributed by atoms with Crippen molar-refractivity contribution in [2.45, 2.75) is 32.1 Å². The fraction of sp³-hybridized carbons (Fsp3) is 0.700. The molecule has 0 spiro atoms. The van der Waals surface area contributed by atoms with E-state index in [2.05, 4.69) is 24.0 Å². The van der Waals surface area contributed by atoms with E-state index in [0.29, 0.717) is 17.6 Å². The van der Waals surface area contributed by atoms with Gasteiger partial charge in [-0.2, -0.15) is 16.7 Å². The summed E-state index contributed by atoms with van der Waals surface area (Å²) in [6.45, 7) is 4.14. The molecule has 0 aromatic carbocycles. The molecule has 1 fully saturated rings. The van der Waals surface area contributed by atoms with Crippen LogP contribution in [0.15, 0.2) is 4.52 Å². The third-order valence-electron chi connectivity index (χ3n) is 2.73. The van der Waals surface area contributed by atoms with E-state index >= 15 is 0 Å². The van der Waals surface area contributed by atoms with E-state index in [1.807, 2.05) is 0 Å². The van der Waals surface area contributed by atoms with Gasteiger partial charge in [0.2, 0.25) is 5.89 Å². The van der Waals surface area contributed by atoms with Gasteiger partial charge in [0.05, 0.1) is 5.75 Å². The molecule has 2 unspecified atom stereocenters. The molecule has 82 valence electrons. The summed E-state index contributed by atoms with van der Waals surface area (Å²) in [5.74, 6) is 2.91. The second kappa shape index (κ2) is 4.35. The van der Waals surface area contributed by atoms with Crippen LogP contribution in [0, 0.1) is 0 Å². The highest BCUT2D eigenvalue weighted by Gasteiger charge is 2.31. The first-order valence-electron chi connectivity index (χ1n) is 5.16. The van der Waals surface area contributed by atoms with Gasteiger partial charge in [0.25, 0.3) is 0 Å². The van der Waals surface area contributed by atoms with Crippen LogP contribution in [-0.4, -0.2) is 27.4 Å². The first-order chi connectivity index (χ1) is 7.22. The number of rotatable bonds is 3. The number of carbonyl (C=O) groups excluding carboxylic acids is 1. The maximum absolute atomic E-state index is 11.5. The predicted molar refractivity (Wildman–Crippen MR) is 58.1 cm³/mol. The van der Waals surface area contributed by atoms with Crippen LogP contribution < -0.4 is 0 Å². The number of hydrogen-bond acceptors (Lipinski definition) is 5. The molecule has 0 saturated carbocycles. The Hall–Kier alpha value is -0.840. The quantitative estimate of drug-likeness (QED) is 0.788. The van der Waals surface area contributed by atoms with Crippen LogP contribution in [0.5, 0.6) is 0 Å². The number of aromatic nitrogens is 2. The van der Waals surface area contributed by atoms with Crippen LogP contribution in [0.3, 0.4) is 0 Å². The minimum atomic E-state index is -0.166. The molecule has 0 N–H and O–H groups in total. The van der Waals surface area contributed by atoms with Crippen molar-refractivity contribution in [3.63, 3.8) is 0 Å². The van der Waals surface area contributed by atoms with E-state index in [9.17, 15) is 4.79 Å². The first-order valence-corrected chi connectivity index (χ1v) is 6.31. The lowest BCUT2D eigenvalue weighted by Crippen LogP contribution is -2.09. The average Bonchev–Trinajstić information content (AvgIpc) is 2.84. The third-order valence-corrected chi connectivity index (χ3v) is 3.78. The van der Waals surface area contributed by atoms with Gasteiger partial charge in [0.1, 0.15) is 5.92 Å². The lowest BCUT2D eigenvalue weighted by atomic mass is 10.1. The Kier molecular flexibility index (Phi) is 3.09. The average molecular weight is 226 g/mol. The summed E-state index contributed by atoms with van der Waals surface area (Å²) < 4.78 is 5.15. The van der Waals surface area contributed by atoms with E-state index in [1.165, 1.54) is 0 Å². The SMILES string of the molecule is CCC(C)c1noc(C2CSCC2=O)n1. The van der Waals surface area contributed by atoms with Crippen molar-refractivity contribution in [3.05, 3.63) is 11.7 Å². The van der Waals surface area contributed by atoms with Crippen LogP contribution in [-0.2, 0) is 4.79 Å². The topological polar surface area (TPSA) is 56.0 Å². The number of thioether (sulfide) groups is 1. The highest BCUT2D eigenvalue weighted by Crippen LogP contribution is 2.29. The highest BCUT2D eigenvalue weighted by molar-refractivity contribution is 8.00. The smallest absolute Gasteiger partial charge is 0.238 e. The van der Waals surface area contributed by atoms with Crippen LogP contribution >= 0.6 is 11.8 Å². The van der Waals surface area contributed by atoms with E-state index in [-0.39, 0.29) is 11.7 Å². The summed E-state index contributed by atoms with van der Waals surface area (Å²) in [5.41, 5.74) is 0. The summed E-state index contributed by atoms with van der Waals surface area (Å²) in [5, 5.41) is 3.92. The van der Waals surface area contributed by atoms with Crippen LogP contribution in [0.25, 0.3) is 0 Å². The normalized spacial score (nSPS) is 23.3. The molecule has 15 heavy (non-hydrogen) atoms. The van der Waals surface area contributed by atoms with Gasteiger partial charge in [-0.15, -0.1) is 0 Å². The third kappa shape index (κ3) is 2.07. The molecule has 1 saturated heterocycles. The van der Waals surface area contributed by atoms with E-state index in [4.69, 9.17) is 4.52 Å². The molecule has 0 radical (unpaired) electrons. The second-order valence-electron chi connectivity index (χ2n) is 3.83. The van der Waals surface area contributed by atoms with Gasteiger partial charge in [-0.1, -0.05) is 19.0 Å². The largest absolute Gasteiger partial charge is 0.339 e. The van der Waals surface area contributed by atoms with Crippen molar-refractivity contribution < 1.29 is 9.32 Å². The molecular formula is C10H14N2O2S. The maximum atomic E-state index is 11.5. The molecule has 0 bridgehead atoms. The summed E-state index contributed by atoms with van der Waals surface area (Å²) in [6, 6.07) is 0. The zero-order chi connectivity index (χ0) is 10.8. The monoisotopic (exact) mass is 226 g/mol. The zero-order valence-corrected chi connectivity index (χ0v) is 9.71. The van der Waals surface area contributed by atoms with Crippen LogP contribution in [0.1, 0.15) is 43.8 Å². The lowest BCUT2D eigenvalue weighted by Gasteiger charge is -2.00. The minimum Gasteiger partial charge on any atom is -0.339 e. The maximum Gasteiger partial charge on any atom is 0.238 e.